The first-order chi connectivity index (χ1) is 8.88. The van der Waals surface area contributed by atoms with E-state index in [4.69, 9.17) is 4.74 Å². The van der Waals surface area contributed by atoms with Crippen LogP contribution in [0.5, 0.6) is 0 Å². The van der Waals surface area contributed by atoms with Gasteiger partial charge in [0.05, 0.1) is 6.10 Å². The van der Waals surface area contributed by atoms with Gasteiger partial charge in [0.15, 0.2) is 0 Å². The molecule has 4 heteroatoms. The number of esters is 1. The molecule has 2 unspecified atom stereocenters. The number of alkyl halides is 1. The highest BCUT2D eigenvalue weighted by Gasteiger charge is 2.24. The van der Waals surface area contributed by atoms with Gasteiger partial charge in [0.1, 0.15) is 11.4 Å². The zero-order chi connectivity index (χ0) is 14.8. The summed E-state index contributed by atoms with van der Waals surface area (Å²) in [6.07, 6.45) is 2.20. The highest BCUT2D eigenvalue weighted by atomic mass is 32.2. The lowest BCUT2D eigenvalue weighted by Crippen LogP contribution is -2.28. The standard InChI is InChI=1S/C15H29FO2S/c1-6-8-13(16)9-7-10-19-14(11(2)3)15(17)18-12(4)5/h11-14H,6-10H2,1-5H3. The quantitative estimate of drug-likeness (QED) is 0.434. The summed E-state index contributed by atoms with van der Waals surface area (Å²) in [5, 5.41) is -0.133. The minimum Gasteiger partial charge on any atom is -0.462 e. The lowest BCUT2D eigenvalue weighted by molar-refractivity contribution is -0.147. The normalized spacial score (nSPS) is 14.7. The predicted octanol–water partition coefficient (Wildman–Crippen LogP) is 4.61. The molecule has 2 nitrogen and oxygen atoms in total. The van der Waals surface area contributed by atoms with Crippen LogP contribution in [0.3, 0.4) is 0 Å². The fourth-order valence-electron chi connectivity index (χ4n) is 1.80. The van der Waals surface area contributed by atoms with Crippen LogP contribution in [0.25, 0.3) is 0 Å². The van der Waals surface area contributed by atoms with Crippen LogP contribution >= 0.6 is 11.8 Å². The molecular formula is C15H29FO2S. The maximum atomic E-state index is 13.3. The van der Waals surface area contributed by atoms with Crippen molar-refractivity contribution in [3.8, 4) is 0 Å². The number of hydrogen-bond acceptors (Lipinski definition) is 3. The van der Waals surface area contributed by atoms with Crippen molar-refractivity contribution in [1.82, 2.24) is 0 Å². The molecule has 0 aliphatic carbocycles. The molecule has 0 rings (SSSR count). The molecule has 0 bridgehead atoms. The van der Waals surface area contributed by atoms with Gasteiger partial charge >= 0.3 is 5.97 Å². The van der Waals surface area contributed by atoms with Gasteiger partial charge in [0.25, 0.3) is 0 Å². The molecule has 0 aromatic rings. The molecular weight excluding hydrogens is 263 g/mol. The fraction of sp³-hybridized carbons (Fsp3) is 0.933. The summed E-state index contributed by atoms with van der Waals surface area (Å²) in [5.41, 5.74) is 0. The van der Waals surface area contributed by atoms with Gasteiger partial charge in [-0.05, 0) is 44.8 Å². The van der Waals surface area contributed by atoms with E-state index < -0.39 is 6.17 Å². The Bertz CT molecular complexity index is 244. The number of rotatable bonds is 10. The van der Waals surface area contributed by atoms with E-state index in [1.165, 1.54) is 0 Å². The molecule has 0 N–H and O–H groups in total. The van der Waals surface area contributed by atoms with E-state index in [0.29, 0.717) is 12.8 Å². The van der Waals surface area contributed by atoms with Crippen LogP contribution in [-0.2, 0) is 9.53 Å². The van der Waals surface area contributed by atoms with Crippen LogP contribution in [0.1, 0.15) is 60.3 Å². The third-order valence-corrected chi connectivity index (χ3v) is 4.37. The molecule has 0 aromatic heterocycles. The first-order valence-electron chi connectivity index (χ1n) is 7.34. The van der Waals surface area contributed by atoms with Crippen LogP contribution in [0.2, 0.25) is 0 Å². The average Bonchev–Trinajstić information content (AvgIpc) is 2.27. The number of carbonyl (C=O) groups is 1. The summed E-state index contributed by atoms with van der Waals surface area (Å²) >= 11 is 1.60. The van der Waals surface area contributed by atoms with Crippen LogP contribution in [0, 0.1) is 5.92 Å². The number of thioether (sulfide) groups is 1. The minimum absolute atomic E-state index is 0.0749. The van der Waals surface area contributed by atoms with Crippen molar-refractivity contribution < 1.29 is 13.9 Å². The predicted molar refractivity (Wildman–Crippen MR) is 81.4 cm³/mol. The maximum absolute atomic E-state index is 13.3. The van der Waals surface area contributed by atoms with Crippen LogP contribution in [0.15, 0.2) is 0 Å². The molecule has 0 aromatic carbocycles. The molecule has 0 aliphatic heterocycles. The topological polar surface area (TPSA) is 26.3 Å². The van der Waals surface area contributed by atoms with Gasteiger partial charge in [-0.25, -0.2) is 4.39 Å². The smallest absolute Gasteiger partial charge is 0.319 e. The Morgan fingerprint density at radius 2 is 1.84 bits per heavy atom. The molecule has 0 saturated heterocycles. The minimum atomic E-state index is -0.689. The van der Waals surface area contributed by atoms with Gasteiger partial charge < -0.3 is 4.74 Å². The molecule has 0 radical (unpaired) electrons. The summed E-state index contributed by atoms with van der Waals surface area (Å²) in [7, 11) is 0. The molecule has 0 heterocycles. The Hall–Kier alpha value is -0.250. The highest BCUT2D eigenvalue weighted by molar-refractivity contribution is 8.00. The monoisotopic (exact) mass is 292 g/mol. The van der Waals surface area contributed by atoms with Crippen LogP contribution in [-0.4, -0.2) is 29.2 Å². The number of halogens is 1. The zero-order valence-electron chi connectivity index (χ0n) is 12.9. The summed E-state index contributed by atoms with van der Waals surface area (Å²) < 4.78 is 18.6. The van der Waals surface area contributed by atoms with Gasteiger partial charge in [0, 0.05) is 0 Å². The first kappa shape index (κ1) is 18.8. The average molecular weight is 292 g/mol. The third kappa shape index (κ3) is 9.31. The van der Waals surface area contributed by atoms with Gasteiger partial charge in [-0.1, -0.05) is 27.2 Å². The van der Waals surface area contributed by atoms with E-state index in [1.54, 1.807) is 11.8 Å². The zero-order valence-corrected chi connectivity index (χ0v) is 13.8. The van der Waals surface area contributed by atoms with Crippen molar-refractivity contribution in [2.45, 2.75) is 77.8 Å². The third-order valence-electron chi connectivity index (χ3n) is 2.75. The number of carbonyl (C=O) groups excluding carboxylic acids is 1. The van der Waals surface area contributed by atoms with Gasteiger partial charge in [0.2, 0.25) is 0 Å². The second-order valence-electron chi connectivity index (χ2n) is 5.55. The van der Waals surface area contributed by atoms with Crippen molar-refractivity contribution in [2.75, 3.05) is 5.75 Å². The highest BCUT2D eigenvalue weighted by Crippen LogP contribution is 2.23. The van der Waals surface area contributed by atoms with Gasteiger partial charge in [-0.2, -0.15) is 0 Å². The van der Waals surface area contributed by atoms with Crippen LogP contribution < -0.4 is 0 Å². The Morgan fingerprint density at radius 3 is 2.32 bits per heavy atom. The van der Waals surface area contributed by atoms with E-state index in [0.717, 1.165) is 18.6 Å². The van der Waals surface area contributed by atoms with E-state index in [1.807, 2.05) is 34.6 Å². The lowest BCUT2D eigenvalue weighted by atomic mass is 10.1. The molecule has 0 saturated carbocycles. The summed E-state index contributed by atoms with van der Waals surface area (Å²) in [4.78, 5) is 11.9. The SMILES string of the molecule is CCCC(F)CCCSC(C(=O)OC(C)C)C(C)C. The Labute approximate surface area is 121 Å². The summed E-state index contributed by atoms with van der Waals surface area (Å²) in [5.74, 6) is 0.925. The molecule has 0 amide bonds. The largest absolute Gasteiger partial charge is 0.462 e. The fourth-order valence-corrected chi connectivity index (χ4v) is 2.97. The van der Waals surface area contributed by atoms with Gasteiger partial charge in [-0.3, -0.25) is 4.79 Å². The van der Waals surface area contributed by atoms with E-state index >= 15 is 0 Å². The second-order valence-corrected chi connectivity index (χ2v) is 6.80. The molecule has 2 atom stereocenters. The van der Waals surface area contributed by atoms with Crippen molar-refractivity contribution >= 4 is 17.7 Å². The first-order valence-corrected chi connectivity index (χ1v) is 8.39. The van der Waals surface area contributed by atoms with Crippen molar-refractivity contribution in [3.63, 3.8) is 0 Å². The molecule has 0 aliphatic rings. The molecule has 19 heavy (non-hydrogen) atoms. The lowest BCUT2D eigenvalue weighted by Gasteiger charge is -2.20. The van der Waals surface area contributed by atoms with E-state index in [9.17, 15) is 9.18 Å². The molecule has 0 fully saturated rings. The van der Waals surface area contributed by atoms with Gasteiger partial charge in [-0.15, -0.1) is 11.8 Å². The number of ether oxygens (including phenoxy) is 1. The van der Waals surface area contributed by atoms with E-state index in [2.05, 4.69) is 0 Å². The van der Waals surface area contributed by atoms with E-state index in [-0.39, 0.29) is 23.2 Å². The van der Waals surface area contributed by atoms with Crippen LogP contribution in [0.4, 0.5) is 4.39 Å². The van der Waals surface area contributed by atoms with Crippen molar-refractivity contribution in [2.24, 2.45) is 5.92 Å². The second kappa shape index (κ2) is 10.5. The van der Waals surface area contributed by atoms with Crippen molar-refractivity contribution in [1.29, 1.82) is 0 Å². The number of hydrogen-bond donors (Lipinski definition) is 0. The molecule has 114 valence electrons. The maximum Gasteiger partial charge on any atom is 0.319 e. The Kier molecular flexibility index (Phi) is 10.4. The molecule has 0 spiro atoms. The Balaban J connectivity index is 3.99. The summed E-state index contributed by atoms with van der Waals surface area (Å²) in [6.45, 7) is 9.76. The van der Waals surface area contributed by atoms with Crippen molar-refractivity contribution in [3.05, 3.63) is 0 Å². The Morgan fingerprint density at radius 1 is 1.21 bits per heavy atom. The summed E-state index contributed by atoms with van der Waals surface area (Å²) in [6, 6.07) is 0.